The van der Waals surface area contributed by atoms with E-state index in [4.69, 9.17) is 0 Å². The Bertz CT molecular complexity index is 1310. The summed E-state index contributed by atoms with van der Waals surface area (Å²) in [4.78, 5) is 12.7. The molecule has 0 unspecified atom stereocenters. The van der Waals surface area contributed by atoms with Crippen LogP contribution >= 0.6 is 0 Å². The molecule has 4 aromatic rings. The number of alkyl halides is 2. The van der Waals surface area contributed by atoms with Gasteiger partial charge in [0.15, 0.2) is 0 Å². The third kappa shape index (κ3) is 5.75. The molecule has 0 saturated heterocycles. The highest BCUT2D eigenvalue weighted by molar-refractivity contribution is 5.95. The summed E-state index contributed by atoms with van der Waals surface area (Å²) >= 11 is 0. The largest absolute Gasteiger partial charge is 0.352 e. The van der Waals surface area contributed by atoms with Gasteiger partial charge in [-0.1, -0.05) is 24.0 Å². The van der Waals surface area contributed by atoms with Gasteiger partial charge in [-0.25, -0.2) is 13.5 Å². The maximum absolute atomic E-state index is 13.7. The minimum Gasteiger partial charge on any atom is -0.352 e. The molecule has 0 spiro atoms. The fourth-order valence-corrected chi connectivity index (χ4v) is 3.41. The van der Waals surface area contributed by atoms with E-state index in [1.807, 2.05) is 6.20 Å². The molecule has 34 heavy (non-hydrogen) atoms. The third-order valence-electron chi connectivity index (χ3n) is 5.20. The van der Waals surface area contributed by atoms with Gasteiger partial charge in [0.05, 0.1) is 17.4 Å². The maximum atomic E-state index is 13.7. The van der Waals surface area contributed by atoms with Crippen LogP contribution in [0, 0.1) is 11.8 Å². The molecule has 0 radical (unpaired) electrons. The first kappa shape index (κ1) is 22.9. The van der Waals surface area contributed by atoms with Crippen LogP contribution in [0.4, 0.5) is 8.78 Å². The number of H-pyrrole nitrogens is 1. The summed E-state index contributed by atoms with van der Waals surface area (Å²) in [6.07, 6.45) is 8.60. The summed E-state index contributed by atoms with van der Waals surface area (Å²) in [5.41, 5.74) is 3.14. The number of rotatable bonds is 7. The molecule has 0 aliphatic carbocycles. The summed E-state index contributed by atoms with van der Waals surface area (Å²) in [5.74, 6) is 2.81. The number of nitrogens with one attached hydrogen (secondary N) is 2. The Kier molecular flexibility index (Phi) is 6.83. The molecule has 2 heterocycles. The molecular weight excluding hydrogens is 436 g/mol. The van der Waals surface area contributed by atoms with Gasteiger partial charge in [-0.3, -0.25) is 9.89 Å². The fraction of sp³-hybridized carbons (Fsp3) is 0.192. The number of carbonyl (C=O) groups is 1. The fourth-order valence-electron chi connectivity index (χ4n) is 3.41. The predicted molar refractivity (Wildman–Crippen MR) is 125 cm³/mol. The first-order valence-electron chi connectivity index (χ1n) is 10.8. The van der Waals surface area contributed by atoms with Crippen LogP contribution in [0.5, 0.6) is 0 Å². The van der Waals surface area contributed by atoms with E-state index in [-0.39, 0.29) is 11.5 Å². The maximum Gasteiger partial charge on any atom is 0.270 e. The van der Waals surface area contributed by atoms with Crippen molar-refractivity contribution in [3.8, 4) is 17.5 Å². The standard InChI is InChI=1S/C26H23F2N5O/c1-26(27,28)23-7-2-5-19(15-23)8-9-21-16-22(10-11-24(21)33-14-4-13-32-33)25(34)29-12-3-6-20-17-30-31-18-20/h2,4-5,7,10-11,13-18H,3,6,12H2,1H3,(H,29,34)(H,30,31). The van der Waals surface area contributed by atoms with Crippen molar-refractivity contribution in [3.05, 3.63) is 101 Å². The highest BCUT2D eigenvalue weighted by Gasteiger charge is 2.23. The summed E-state index contributed by atoms with van der Waals surface area (Å²) in [5, 5.41) is 13.8. The number of amides is 1. The topological polar surface area (TPSA) is 75.6 Å². The van der Waals surface area contributed by atoms with Crippen molar-refractivity contribution in [2.45, 2.75) is 25.7 Å². The smallest absolute Gasteiger partial charge is 0.270 e. The van der Waals surface area contributed by atoms with Gasteiger partial charge in [-0.15, -0.1) is 0 Å². The molecule has 0 aliphatic rings. The number of hydrogen-bond acceptors (Lipinski definition) is 3. The lowest BCUT2D eigenvalue weighted by Crippen LogP contribution is -2.25. The summed E-state index contributed by atoms with van der Waals surface area (Å²) in [6, 6.07) is 12.9. The second-order valence-corrected chi connectivity index (χ2v) is 7.87. The Morgan fingerprint density at radius 2 is 2.06 bits per heavy atom. The van der Waals surface area contributed by atoms with Crippen molar-refractivity contribution in [2.75, 3.05) is 6.54 Å². The van der Waals surface area contributed by atoms with E-state index < -0.39 is 5.92 Å². The van der Waals surface area contributed by atoms with Gasteiger partial charge >= 0.3 is 0 Å². The minimum absolute atomic E-state index is 0.102. The van der Waals surface area contributed by atoms with Gasteiger partial charge < -0.3 is 5.32 Å². The minimum atomic E-state index is -2.95. The number of nitrogens with zero attached hydrogens (tertiary/aromatic N) is 3. The van der Waals surface area contributed by atoms with Crippen LogP contribution < -0.4 is 5.32 Å². The zero-order chi connectivity index (χ0) is 24.0. The van der Waals surface area contributed by atoms with Crippen LogP contribution in [-0.4, -0.2) is 32.4 Å². The molecule has 172 valence electrons. The molecule has 6 nitrogen and oxygen atoms in total. The number of carbonyl (C=O) groups excluding carboxylic acids is 1. The van der Waals surface area contributed by atoms with Crippen molar-refractivity contribution in [2.24, 2.45) is 0 Å². The Hall–Kier alpha value is -4.25. The Labute approximate surface area is 196 Å². The molecule has 0 saturated carbocycles. The number of hydrogen-bond donors (Lipinski definition) is 2. The average Bonchev–Trinajstić information content (AvgIpc) is 3.54. The monoisotopic (exact) mass is 459 g/mol. The van der Waals surface area contributed by atoms with E-state index in [0.29, 0.717) is 28.9 Å². The number of aromatic amines is 1. The van der Waals surface area contributed by atoms with Gasteiger partial charge in [0.1, 0.15) is 0 Å². The quantitative estimate of drug-likeness (QED) is 0.316. The van der Waals surface area contributed by atoms with Gasteiger partial charge in [0.25, 0.3) is 11.8 Å². The normalized spacial score (nSPS) is 11.0. The van der Waals surface area contributed by atoms with Crippen molar-refractivity contribution < 1.29 is 13.6 Å². The molecule has 0 fully saturated rings. The van der Waals surface area contributed by atoms with E-state index in [0.717, 1.165) is 25.3 Å². The van der Waals surface area contributed by atoms with E-state index in [2.05, 4.69) is 32.5 Å². The summed E-state index contributed by atoms with van der Waals surface area (Å²) in [6.45, 7) is 1.37. The lowest BCUT2D eigenvalue weighted by Gasteiger charge is -2.10. The second-order valence-electron chi connectivity index (χ2n) is 7.87. The Morgan fingerprint density at radius 3 is 2.79 bits per heavy atom. The van der Waals surface area contributed by atoms with Gasteiger partial charge in [-0.2, -0.15) is 10.2 Å². The summed E-state index contributed by atoms with van der Waals surface area (Å²) in [7, 11) is 0. The zero-order valence-electron chi connectivity index (χ0n) is 18.6. The van der Waals surface area contributed by atoms with Gasteiger partial charge in [0.2, 0.25) is 0 Å². The van der Waals surface area contributed by atoms with Gasteiger partial charge in [0, 0.05) is 48.7 Å². The van der Waals surface area contributed by atoms with Crippen LogP contribution in [0.25, 0.3) is 5.69 Å². The van der Waals surface area contributed by atoms with Crippen LogP contribution in [-0.2, 0) is 12.3 Å². The second kappa shape index (κ2) is 10.1. The van der Waals surface area contributed by atoms with E-state index in [1.54, 1.807) is 59.7 Å². The SMILES string of the molecule is CC(F)(F)c1cccc(C#Cc2cc(C(=O)NCCCc3cn[nH]c3)ccc2-n2cccn2)c1. The number of aromatic nitrogens is 4. The number of halogens is 2. The van der Waals surface area contributed by atoms with Crippen LogP contribution in [0.3, 0.4) is 0 Å². The molecule has 2 aromatic heterocycles. The van der Waals surface area contributed by atoms with E-state index in [1.165, 1.54) is 12.1 Å². The molecule has 1 amide bonds. The molecule has 0 aliphatic heterocycles. The average molecular weight is 460 g/mol. The summed E-state index contributed by atoms with van der Waals surface area (Å²) < 4.78 is 29.0. The van der Waals surface area contributed by atoms with E-state index >= 15 is 0 Å². The van der Waals surface area contributed by atoms with Crippen molar-refractivity contribution >= 4 is 5.91 Å². The predicted octanol–water partition coefficient (Wildman–Crippen LogP) is 4.47. The molecule has 2 N–H and O–H groups in total. The van der Waals surface area contributed by atoms with Crippen LogP contribution in [0.15, 0.2) is 73.3 Å². The first-order valence-corrected chi connectivity index (χ1v) is 10.8. The third-order valence-corrected chi connectivity index (χ3v) is 5.20. The highest BCUT2D eigenvalue weighted by atomic mass is 19.3. The van der Waals surface area contributed by atoms with Gasteiger partial charge in [-0.05, 0) is 54.8 Å². The van der Waals surface area contributed by atoms with Crippen molar-refractivity contribution in [1.29, 1.82) is 0 Å². The number of benzene rings is 2. The van der Waals surface area contributed by atoms with Crippen molar-refractivity contribution in [3.63, 3.8) is 0 Å². The molecule has 2 aromatic carbocycles. The Balaban J connectivity index is 1.55. The lowest BCUT2D eigenvalue weighted by atomic mass is 10.0. The molecule has 0 atom stereocenters. The number of aryl methyl sites for hydroxylation is 1. The molecular formula is C26H23F2N5O. The highest BCUT2D eigenvalue weighted by Crippen LogP contribution is 2.27. The van der Waals surface area contributed by atoms with Crippen LogP contribution in [0.1, 0.15) is 46.0 Å². The van der Waals surface area contributed by atoms with Crippen LogP contribution in [0.2, 0.25) is 0 Å². The lowest BCUT2D eigenvalue weighted by molar-refractivity contribution is 0.0174. The first-order chi connectivity index (χ1) is 16.4. The molecule has 0 bridgehead atoms. The molecule has 8 heteroatoms. The molecule has 4 rings (SSSR count). The van der Waals surface area contributed by atoms with E-state index in [9.17, 15) is 13.6 Å². The Morgan fingerprint density at radius 1 is 1.18 bits per heavy atom. The zero-order valence-corrected chi connectivity index (χ0v) is 18.6. The van der Waals surface area contributed by atoms with Crippen molar-refractivity contribution in [1.82, 2.24) is 25.3 Å².